The molecule has 0 radical (unpaired) electrons. The summed E-state index contributed by atoms with van der Waals surface area (Å²) >= 11 is 0. The highest BCUT2D eigenvalue weighted by Crippen LogP contribution is 2.14. The maximum absolute atomic E-state index is 12.2. The number of amides is 1. The number of nitrogens with zero attached hydrogens (tertiary/aromatic N) is 2. The molecule has 0 unspecified atom stereocenters. The van der Waals surface area contributed by atoms with Gasteiger partial charge >= 0.3 is 12.1 Å². The monoisotopic (exact) mass is 392 g/mol. The molecule has 1 aromatic heterocycles. The van der Waals surface area contributed by atoms with Crippen molar-refractivity contribution in [3.63, 3.8) is 0 Å². The Labute approximate surface area is 167 Å². The number of aromatic nitrogens is 1. The van der Waals surface area contributed by atoms with Gasteiger partial charge in [-0.2, -0.15) is 0 Å². The van der Waals surface area contributed by atoms with E-state index in [1.54, 1.807) is 26.1 Å². The lowest BCUT2D eigenvalue weighted by molar-refractivity contribution is 0.0297. The molecule has 0 fully saturated rings. The van der Waals surface area contributed by atoms with Gasteiger partial charge in [-0.1, -0.05) is 6.92 Å². The van der Waals surface area contributed by atoms with Gasteiger partial charge in [0.1, 0.15) is 17.0 Å². The lowest BCUT2D eigenvalue weighted by Crippen LogP contribution is -2.34. The van der Waals surface area contributed by atoms with Gasteiger partial charge in [-0.15, -0.1) is 0 Å². The van der Waals surface area contributed by atoms with Crippen LogP contribution in [-0.2, 0) is 15.9 Å². The van der Waals surface area contributed by atoms with Crippen LogP contribution in [-0.4, -0.2) is 53.5 Å². The van der Waals surface area contributed by atoms with Crippen LogP contribution in [0.3, 0.4) is 0 Å². The van der Waals surface area contributed by atoms with Crippen molar-refractivity contribution in [2.24, 2.45) is 0 Å². The Hall–Kier alpha value is -2.44. The third kappa shape index (κ3) is 8.06. The summed E-state index contributed by atoms with van der Waals surface area (Å²) in [6.07, 6.45) is 1.95. The highest BCUT2D eigenvalue weighted by molar-refractivity contribution is 5.96. The lowest BCUT2D eigenvalue weighted by atomic mass is 10.1. The Bertz CT molecular complexity index is 658. The van der Waals surface area contributed by atoms with Crippen molar-refractivity contribution < 1.29 is 23.9 Å². The summed E-state index contributed by atoms with van der Waals surface area (Å²) < 4.78 is 10.3. The summed E-state index contributed by atoms with van der Waals surface area (Å²) in [5.41, 5.74) is 0.691. The van der Waals surface area contributed by atoms with Gasteiger partial charge in [0.2, 0.25) is 0 Å². The molecule has 1 amide bonds. The molecular weight excluding hydrogens is 360 g/mol. The van der Waals surface area contributed by atoms with Gasteiger partial charge < -0.3 is 14.4 Å². The number of ketones is 1. The Morgan fingerprint density at radius 3 is 2.32 bits per heavy atom. The minimum absolute atomic E-state index is 0.0965. The van der Waals surface area contributed by atoms with E-state index in [2.05, 4.69) is 4.98 Å². The largest absolute Gasteiger partial charge is 0.461 e. The Morgan fingerprint density at radius 2 is 1.75 bits per heavy atom. The van der Waals surface area contributed by atoms with Crippen LogP contribution >= 0.6 is 0 Å². The van der Waals surface area contributed by atoms with E-state index in [-0.39, 0.29) is 29.9 Å². The van der Waals surface area contributed by atoms with E-state index in [0.717, 1.165) is 5.56 Å². The predicted octanol–water partition coefficient (Wildman–Crippen LogP) is 4.04. The number of aryl methyl sites for hydroxylation is 1. The predicted molar refractivity (Wildman–Crippen MR) is 107 cm³/mol. The summed E-state index contributed by atoms with van der Waals surface area (Å²) in [5, 5.41) is 0. The number of esters is 1. The fraction of sp³-hybridized carbons (Fsp3) is 0.619. The highest BCUT2D eigenvalue weighted by Gasteiger charge is 2.19. The molecule has 1 heterocycles. The summed E-state index contributed by atoms with van der Waals surface area (Å²) in [7, 11) is 1.68. The number of hydrogen-bond acceptors (Lipinski definition) is 6. The van der Waals surface area contributed by atoms with Crippen molar-refractivity contribution in [2.45, 2.75) is 65.9 Å². The molecule has 28 heavy (non-hydrogen) atoms. The van der Waals surface area contributed by atoms with Crippen molar-refractivity contribution >= 4 is 17.8 Å². The van der Waals surface area contributed by atoms with Gasteiger partial charge in [-0.3, -0.25) is 4.79 Å². The number of pyridine rings is 1. The maximum Gasteiger partial charge on any atom is 0.410 e. The minimum atomic E-state index is -0.542. The third-order valence-corrected chi connectivity index (χ3v) is 3.80. The zero-order chi connectivity index (χ0) is 21.3. The van der Waals surface area contributed by atoms with E-state index in [1.807, 2.05) is 27.7 Å². The molecule has 0 aromatic carbocycles. The SMILES string of the molecule is CCCC(=O)c1cc(CCCN(C)C(=O)OC(C)(C)C)cc(C(=O)OCC)n1. The van der Waals surface area contributed by atoms with Crippen LogP contribution in [0.2, 0.25) is 0 Å². The van der Waals surface area contributed by atoms with Crippen molar-refractivity contribution in [1.82, 2.24) is 9.88 Å². The lowest BCUT2D eigenvalue weighted by Gasteiger charge is -2.24. The molecule has 0 bridgehead atoms. The summed E-state index contributed by atoms with van der Waals surface area (Å²) in [5.74, 6) is -0.637. The van der Waals surface area contributed by atoms with E-state index in [0.29, 0.717) is 32.2 Å². The molecule has 0 atom stereocenters. The normalized spacial score (nSPS) is 11.1. The Balaban J connectivity index is 2.84. The van der Waals surface area contributed by atoms with Gasteiger partial charge in [0.25, 0.3) is 0 Å². The summed E-state index contributed by atoms with van der Waals surface area (Å²) in [4.78, 5) is 42.0. The van der Waals surface area contributed by atoms with Crippen molar-refractivity contribution in [3.05, 3.63) is 29.1 Å². The fourth-order valence-corrected chi connectivity index (χ4v) is 2.49. The first kappa shape index (κ1) is 23.6. The number of carbonyl (C=O) groups is 3. The van der Waals surface area contributed by atoms with Gasteiger partial charge in [0, 0.05) is 20.0 Å². The molecule has 0 aliphatic carbocycles. The smallest absolute Gasteiger partial charge is 0.410 e. The van der Waals surface area contributed by atoms with E-state index in [9.17, 15) is 14.4 Å². The molecule has 7 nitrogen and oxygen atoms in total. The van der Waals surface area contributed by atoms with E-state index < -0.39 is 11.6 Å². The minimum Gasteiger partial charge on any atom is -0.461 e. The maximum atomic E-state index is 12.2. The number of carbonyl (C=O) groups excluding carboxylic acids is 3. The van der Waals surface area contributed by atoms with E-state index in [4.69, 9.17) is 9.47 Å². The van der Waals surface area contributed by atoms with Gasteiger partial charge in [-0.25, -0.2) is 14.6 Å². The molecule has 156 valence electrons. The molecule has 0 aliphatic rings. The quantitative estimate of drug-likeness (QED) is 0.466. The molecule has 0 spiro atoms. The Kier molecular flexibility index (Phi) is 9.09. The molecule has 1 aromatic rings. The first-order valence-corrected chi connectivity index (χ1v) is 9.72. The van der Waals surface area contributed by atoms with Gasteiger partial charge in [0.15, 0.2) is 5.78 Å². The second-order valence-corrected chi connectivity index (χ2v) is 7.64. The standard InChI is InChI=1S/C21H32N2O5/c1-7-10-18(24)16-13-15(14-17(22-16)19(25)27-8-2)11-9-12-23(6)20(26)28-21(3,4)5/h13-14H,7-12H2,1-6H3. The van der Waals surface area contributed by atoms with Crippen LogP contribution in [0, 0.1) is 0 Å². The topological polar surface area (TPSA) is 85.8 Å². The molecule has 0 aliphatic heterocycles. The Morgan fingerprint density at radius 1 is 1.11 bits per heavy atom. The van der Waals surface area contributed by atoms with Crippen LogP contribution in [0.5, 0.6) is 0 Å². The van der Waals surface area contributed by atoms with Crippen LogP contribution in [0.4, 0.5) is 4.79 Å². The highest BCUT2D eigenvalue weighted by atomic mass is 16.6. The number of hydrogen-bond donors (Lipinski definition) is 0. The molecule has 7 heteroatoms. The van der Waals surface area contributed by atoms with Crippen LogP contribution in [0.15, 0.2) is 12.1 Å². The van der Waals surface area contributed by atoms with E-state index in [1.165, 1.54) is 4.90 Å². The first-order chi connectivity index (χ1) is 13.1. The van der Waals surface area contributed by atoms with Gasteiger partial charge in [0.05, 0.1) is 6.61 Å². The summed E-state index contributed by atoms with van der Waals surface area (Å²) in [6, 6.07) is 3.36. The average Bonchev–Trinajstić information content (AvgIpc) is 2.60. The van der Waals surface area contributed by atoms with E-state index >= 15 is 0 Å². The summed E-state index contributed by atoms with van der Waals surface area (Å²) in [6.45, 7) is 9.83. The molecule has 1 rings (SSSR count). The second kappa shape index (κ2) is 10.8. The van der Waals surface area contributed by atoms with Crippen LogP contribution < -0.4 is 0 Å². The van der Waals surface area contributed by atoms with Crippen molar-refractivity contribution in [2.75, 3.05) is 20.2 Å². The average molecular weight is 392 g/mol. The molecule has 0 saturated heterocycles. The third-order valence-electron chi connectivity index (χ3n) is 3.80. The number of ether oxygens (including phenoxy) is 2. The zero-order valence-corrected chi connectivity index (χ0v) is 17.8. The number of Topliss-reactive ketones (excluding diaryl/α,β-unsaturated/α-hetero) is 1. The molecule has 0 N–H and O–H groups in total. The zero-order valence-electron chi connectivity index (χ0n) is 17.8. The van der Waals surface area contributed by atoms with Crippen molar-refractivity contribution in [3.8, 4) is 0 Å². The van der Waals surface area contributed by atoms with Gasteiger partial charge in [-0.05, 0) is 64.7 Å². The van der Waals surface area contributed by atoms with Crippen molar-refractivity contribution in [1.29, 1.82) is 0 Å². The molecular formula is C21H32N2O5. The van der Waals surface area contributed by atoms with Crippen LogP contribution in [0.25, 0.3) is 0 Å². The fourth-order valence-electron chi connectivity index (χ4n) is 2.49. The van der Waals surface area contributed by atoms with Crippen LogP contribution in [0.1, 0.15) is 80.4 Å². The molecule has 0 saturated carbocycles. The second-order valence-electron chi connectivity index (χ2n) is 7.64. The number of rotatable bonds is 9. The first-order valence-electron chi connectivity index (χ1n) is 9.72.